The fourth-order valence-corrected chi connectivity index (χ4v) is 6.21. The molecule has 12 heteroatoms. The van der Waals surface area contributed by atoms with Gasteiger partial charge in [-0.05, 0) is 66.5 Å². The molecule has 0 fully saturated rings. The van der Waals surface area contributed by atoms with Gasteiger partial charge in [0.2, 0.25) is 17.7 Å². The van der Waals surface area contributed by atoms with Gasteiger partial charge in [0.15, 0.2) is 0 Å². The van der Waals surface area contributed by atoms with Crippen molar-refractivity contribution in [3.05, 3.63) is 95.6 Å². The largest absolute Gasteiger partial charge is 0.480 e. The molecule has 3 aromatic rings. The second-order valence-electron chi connectivity index (χ2n) is 13.0. The van der Waals surface area contributed by atoms with Crippen LogP contribution in [-0.4, -0.2) is 72.2 Å². The lowest BCUT2D eigenvalue weighted by Crippen LogP contribution is -2.59. The number of alkyl carbamates (subject to hydrolysis) is 1. The number of aliphatic carboxylic acids is 1. The summed E-state index contributed by atoms with van der Waals surface area (Å²) in [6.07, 6.45) is 1.15. The van der Waals surface area contributed by atoms with Gasteiger partial charge in [0.25, 0.3) is 0 Å². The first-order valence-corrected chi connectivity index (χ1v) is 17.5. The van der Waals surface area contributed by atoms with E-state index in [4.69, 9.17) is 10.5 Å². The van der Waals surface area contributed by atoms with Gasteiger partial charge in [-0.3, -0.25) is 14.4 Å². The highest BCUT2D eigenvalue weighted by atomic mass is 16.5. The van der Waals surface area contributed by atoms with E-state index in [9.17, 15) is 29.1 Å². The fraction of sp³-hybridized carbons (Fsp3) is 0.410. The van der Waals surface area contributed by atoms with Crippen molar-refractivity contribution in [1.29, 1.82) is 0 Å². The summed E-state index contributed by atoms with van der Waals surface area (Å²) in [5.74, 6) is -3.58. The number of unbranched alkanes of at least 4 members (excludes halogenated alkanes) is 1. The van der Waals surface area contributed by atoms with Gasteiger partial charge < -0.3 is 36.8 Å². The molecule has 0 aliphatic heterocycles. The second kappa shape index (κ2) is 18.7. The number of hydrogen-bond donors (Lipinski definition) is 6. The smallest absolute Gasteiger partial charge is 0.407 e. The summed E-state index contributed by atoms with van der Waals surface area (Å²) in [4.78, 5) is 65.4. The van der Waals surface area contributed by atoms with Crippen LogP contribution in [0.4, 0.5) is 4.79 Å². The number of hydrogen-bond acceptors (Lipinski definition) is 7. The van der Waals surface area contributed by atoms with Crippen LogP contribution in [0, 0.1) is 5.92 Å². The molecule has 4 rings (SSSR count). The van der Waals surface area contributed by atoms with E-state index in [1.807, 2.05) is 73.7 Å². The summed E-state index contributed by atoms with van der Waals surface area (Å²) < 4.78 is 5.60. The molecular weight excluding hydrogens is 650 g/mol. The van der Waals surface area contributed by atoms with Crippen molar-refractivity contribution in [3.8, 4) is 11.1 Å². The Labute approximate surface area is 298 Å². The molecule has 1 aliphatic carbocycles. The van der Waals surface area contributed by atoms with Gasteiger partial charge in [-0.25, -0.2) is 9.59 Å². The van der Waals surface area contributed by atoms with Gasteiger partial charge in [-0.15, -0.1) is 0 Å². The van der Waals surface area contributed by atoms with Crippen molar-refractivity contribution in [1.82, 2.24) is 21.3 Å². The lowest BCUT2D eigenvalue weighted by molar-refractivity contribution is -0.143. The molecule has 0 bridgehead atoms. The maximum absolute atomic E-state index is 13.8. The molecule has 4 amide bonds. The third-order valence-electron chi connectivity index (χ3n) is 9.34. The third-order valence-corrected chi connectivity index (χ3v) is 9.34. The standard InChI is InChI=1S/C39H49N5O7/c1-4-24(2)34(37(47)42-32(38(48)49)20-12-13-21-40)44-36(46)33(22-26-14-6-5-7-15-26)43-35(45)25(3)41-39(50)51-23-31-29-18-10-8-16-27(29)28-17-9-11-19-30(28)31/h5-11,14-19,24-25,31-34H,4,12-13,20-23,40H2,1-3H3,(H,41,50)(H,42,47)(H,43,45)(H,44,46)(H,48,49)/t24-,25-,32-,33-,34-/m0/s1. The number of amides is 4. The van der Waals surface area contributed by atoms with Gasteiger partial charge in [0.05, 0.1) is 0 Å². The minimum Gasteiger partial charge on any atom is -0.480 e. The number of benzene rings is 3. The summed E-state index contributed by atoms with van der Waals surface area (Å²) in [6.45, 7) is 5.59. The van der Waals surface area contributed by atoms with E-state index < -0.39 is 54.0 Å². The molecule has 7 N–H and O–H groups in total. The van der Waals surface area contributed by atoms with E-state index in [2.05, 4.69) is 21.3 Å². The van der Waals surface area contributed by atoms with Crippen LogP contribution < -0.4 is 27.0 Å². The monoisotopic (exact) mass is 699 g/mol. The number of rotatable bonds is 18. The van der Waals surface area contributed by atoms with E-state index in [1.165, 1.54) is 6.92 Å². The number of nitrogens with two attached hydrogens (primary N) is 1. The lowest BCUT2D eigenvalue weighted by Gasteiger charge is -2.28. The van der Waals surface area contributed by atoms with Gasteiger partial charge in [0.1, 0.15) is 30.8 Å². The zero-order chi connectivity index (χ0) is 36.9. The lowest BCUT2D eigenvalue weighted by atomic mass is 9.96. The van der Waals surface area contributed by atoms with Crippen molar-refractivity contribution in [2.75, 3.05) is 13.2 Å². The molecular formula is C39H49N5O7. The molecule has 12 nitrogen and oxygen atoms in total. The first-order chi connectivity index (χ1) is 24.5. The van der Waals surface area contributed by atoms with Crippen LogP contribution in [0.5, 0.6) is 0 Å². The topological polar surface area (TPSA) is 189 Å². The first kappa shape index (κ1) is 38.6. The van der Waals surface area contributed by atoms with Crippen LogP contribution in [0.25, 0.3) is 11.1 Å². The SMILES string of the molecule is CC[C@H](C)[C@H](NC(=O)[C@H](Cc1ccccc1)NC(=O)[C@H](C)NC(=O)OCC1c2ccccc2-c2ccccc21)C(=O)N[C@@H](CCCCN)C(=O)O. The van der Waals surface area contributed by atoms with Crippen molar-refractivity contribution >= 4 is 29.8 Å². The number of ether oxygens (including phenoxy) is 1. The molecule has 0 aromatic heterocycles. The first-order valence-electron chi connectivity index (χ1n) is 17.5. The molecule has 5 atom stereocenters. The van der Waals surface area contributed by atoms with Crippen molar-refractivity contribution in [2.24, 2.45) is 11.7 Å². The van der Waals surface area contributed by atoms with E-state index in [0.717, 1.165) is 27.8 Å². The molecule has 1 aliphatic rings. The Bertz CT molecular complexity index is 1620. The van der Waals surface area contributed by atoms with E-state index in [1.54, 1.807) is 19.1 Å². The normalized spacial score (nSPS) is 14.8. The molecule has 0 spiro atoms. The quantitative estimate of drug-likeness (QED) is 0.108. The molecule has 0 radical (unpaired) electrons. The maximum atomic E-state index is 13.8. The number of carboxylic acid groups (broad SMARTS) is 1. The zero-order valence-electron chi connectivity index (χ0n) is 29.4. The zero-order valence-corrected chi connectivity index (χ0v) is 29.4. The minimum atomic E-state index is -1.18. The molecule has 51 heavy (non-hydrogen) atoms. The molecule has 0 unspecified atom stereocenters. The average Bonchev–Trinajstić information content (AvgIpc) is 3.45. The van der Waals surface area contributed by atoms with Gasteiger partial charge >= 0.3 is 12.1 Å². The molecule has 0 saturated carbocycles. The summed E-state index contributed by atoms with van der Waals surface area (Å²) in [5, 5.41) is 20.3. The second-order valence-corrected chi connectivity index (χ2v) is 13.0. The molecule has 0 saturated heterocycles. The van der Waals surface area contributed by atoms with Crippen molar-refractivity contribution in [3.63, 3.8) is 0 Å². The summed E-state index contributed by atoms with van der Waals surface area (Å²) >= 11 is 0. The maximum Gasteiger partial charge on any atom is 0.407 e. The number of carbonyl (C=O) groups excluding carboxylic acids is 4. The Hall–Kier alpha value is -5.23. The summed E-state index contributed by atoms with van der Waals surface area (Å²) in [5.41, 5.74) is 10.6. The van der Waals surface area contributed by atoms with Crippen molar-refractivity contribution < 1.29 is 33.8 Å². The number of carboxylic acids is 1. The fourth-order valence-electron chi connectivity index (χ4n) is 6.21. The predicted molar refractivity (Wildman–Crippen MR) is 194 cm³/mol. The van der Waals surface area contributed by atoms with Crippen LogP contribution in [0.2, 0.25) is 0 Å². The average molecular weight is 700 g/mol. The van der Waals surface area contributed by atoms with Crippen LogP contribution in [0.1, 0.15) is 69.1 Å². The van der Waals surface area contributed by atoms with Crippen LogP contribution in [0.15, 0.2) is 78.9 Å². The number of fused-ring (bicyclic) bond motifs is 3. The van der Waals surface area contributed by atoms with Crippen LogP contribution in [-0.2, 0) is 30.3 Å². The predicted octanol–water partition coefficient (Wildman–Crippen LogP) is 3.87. The Morgan fingerprint density at radius 2 is 1.33 bits per heavy atom. The molecule has 272 valence electrons. The minimum absolute atomic E-state index is 0.0715. The highest BCUT2D eigenvalue weighted by Crippen LogP contribution is 2.44. The molecule has 3 aromatic carbocycles. The van der Waals surface area contributed by atoms with Crippen molar-refractivity contribution in [2.45, 2.75) is 83.0 Å². The van der Waals surface area contributed by atoms with E-state index in [-0.39, 0.29) is 31.3 Å². The van der Waals surface area contributed by atoms with Gasteiger partial charge in [-0.2, -0.15) is 0 Å². The summed E-state index contributed by atoms with van der Waals surface area (Å²) in [6, 6.07) is 20.6. The number of nitrogens with one attached hydrogen (secondary N) is 4. The Morgan fingerprint density at radius 1 is 0.745 bits per heavy atom. The highest BCUT2D eigenvalue weighted by molar-refractivity contribution is 5.95. The van der Waals surface area contributed by atoms with Gasteiger partial charge in [-0.1, -0.05) is 99.1 Å². The van der Waals surface area contributed by atoms with Crippen LogP contribution >= 0.6 is 0 Å². The number of carbonyl (C=O) groups is 5. The third kappa shape index (κ3) is 10.4. The Kier molecular flexibility index (Phi) is 14.1. The Morgan fingerprint density at radius 3 is 1.92 bits per heavy atom. The van der Waals surface area contributed by atoms with Crippen LogP contribution in [0.3, 0.4) is 0 Å². The van der Waals surface area contributed by atoms with E-state index >= 15 is 0 Å². The van der Waals surface area contributed by atoms with Gasteiger partial charge in [0, 0.05) is 12.3 Å². The Balaban J connectivity index is 1.41. The van der Waals surface area contributed by atoms with E-state index in [0.29, 0.717) is 25.8 Å². The highest BCUT2D eigenvalue weighted by Gasteiger charge is 2.33. The molecule has 0 heterocycles. The summed E-state index contributed by atoms with van der Waals surface area (Å²) in [7, 11) is 0.